The molecule has 22 heavy (non-hydrogen) atoms. The van der Waals surface area contributed by atoms with E-state index in [1.807, 2.05) is 0 Å². The lowest BCUT2D eigenvalue weighted by molar-refractivity contribution is 0.174. The van der Waals surface area contributed by atoms with Crippen LogP contribution >= 0.6 is 15.9 Å². The van der Waals surface area contributed by atoms with Gasteiger partial charge in [0.05, 0.1) is 18.6 Å². The van der Waals surface area contributed by atoms with E-state index < -0.39 is 10.0 Å². The molecule has 1 aliphatic heterocycles. The third-order valence-corrected chi connectivity index (χ3v) is 5.33. The predicted octanol–water partition coefficient (Wildman–Crippen LogP) is 1.13. The van der Waals surface area contributed by atoms with Crippen molar-refractivity contribution in [2.45, 2.75) is 18.9 Å². The van der Waals surface area contributed by atoms with Gasteiger partial charge in [0, 0.05) is 26.2 Å². The van der Waals surface area contributed by atoms with E-state index in [-0.39, 0.29) is 12.1 Å². The lowest BCUT2D eigenvalue weighted by Crippen LogP contribution is -2.48. The lowest BCUT2D eigenvalue weighted by Gasteiger charge is -2.35. The summed E-state index contributed by atoms with van der Waals surface area (Å²) in [5.41, 5.74) is 0. The summed E-state index contributed by atoms with van der Waals surface area (Å²) >= 11 is 3.17. The number of nitrogens with one attached hydrogen (secondary N) is 1. The van der Waals surface area contributed by atoms with Gasteiger partial charge in [-0.05, 0) is 28.8 Å². The quantitative estimate of drug-likeness (QED) is 0.832. The van der Waals surface area contributed by atoms with Gasteiger partial charge < -0.3 is 4.90 Å². The van der Waals surface area contributed by atoms with Gasteiger partial charge in [0.2, 0.25) is 10.0 Å². The first-order valence-electron chi connectivity index (χ1n) is 6.74. The predicted molar refractivity (Wildman–Crippen MR) is 86.0 cm³/mol. The number of rotatable bonds is 3. The second-order valence-corrected chi connectivity index (χ2v) is 7.95. The summed E-state index contributed by atoms with van der Waals surface area (Å²) in [6, 6.07) is -0.282. The van der Waals surface area contributed by atoms with Gasteiger partial charge in [-0.1, -0.05) is 0 Å². The summed E-state index contributed by atoms with van der Waals surface area (Å²) in [6.45, 7) is 0.860. The second kappa shape index (κ2) is 6.88. The lowest BCUT2D eigenvalue weighted by atomic mass is 10.1. The molecule has 1 aliphatic rings. The first kappa shape index (κ1) is 17.1. The molecule has 0 atom stereocenters. The summed E-state index contributed by atoms with van der Waals surface area (Å²) in [4.78, 5) is 21.8. The highest BCUT2D eigenvalue weighted by molar-refractivity contribution is 9.10. The Kier molecular flexibility index (Phi) is 5.35. The largest absolute Gasteiger partial charge is 0.324 e. The molecule has 10 heteroatoms. The molecule has 0 saturated carbocycles. The molecule has 1 saturated heterocycles. The standard InChI is InChI=1S/C12H18BrN5O3S/c1-17(9-3-5-18(6-4-9)22(2,20)21)12(19)16-11-8-14-10(13)7-15-11/h7-9H,3-6H2,1-2H3,(H,15,16,19). The summed E-state index contributed by atoms with van der Waals surface area (Å²) < 4.78 is 25.0. The fraction of sp³-hybridized carbons (Fsp3) is 0.583. The summed E-state index contributed by atoms with van der Waals surface area (Å²) in [6.07, 6.45) is 5.39. The van der Waals surface area contributed by atoms with E-state index >= 15 is 0 Å². The maximum absolute atomic E-state index is 12.2. The Balaban J connectivity index is 1.90. The number of hydrogen-bond donors (Lipinski definition) is 1. The first-order valence-corrected chi connectivity index (χ1v) is 9.38. The van der Waals surface area contributed by atoms with Gasteiger partial charge >= 0.3 is 6.03 Å². The minimum atomic E-state index is -3.16. The summed E-state index contributed by atoms with van der Waals surface area (Å²) in [5.74, 6) is 0.369. The van der Waals surface area contributed by atoms with Crippen LogP contribution in [0.5, 0.6) is 0 Å². The Morgan fingerprint density at radius 2 is 2.00 bits per heavy atom. The molecule has 122 valence electrons. The van der Waals surface area contributed by atoms with Gasteiger partial charge in [0.15, 0.2) is 5.82 Å². The number of carbonyl (C=O) groups excluding carboxylic acids is 1. The van der Waals surface area contributed by atoms with Gasteiger partial charge in [-0.3, -0.25) is 5.32 Å². The Bertz CT molecular complexity index is 629. The zero-order valence-corrected chi connectivity index (χ0v) is 14.8. The first-order chi connectivity index (χ1) is 10.3. The molecule has 0 unspecified atom stereocenters. The summed E-state index contributed by atoms with van der Waals surface area (Å²) in [5, 5.41) is 2.67. The Morgan fingerprint density at radius 1 is 1.36 bits per heavy atom. The van der Waals surface area contributed by atoms with E-state index in [2.05, 4.69) is 31.2 Å². The van der Waals surface area contributed by atoms with Gasteiger partial charge in [-0.15, -0.1) is 0 Å². The fourth-order valence-electron chi connectivity index (χ4n) is 2.30. The number of carbonyl (C=O) groups is 1. The number of aromatic nitrogens is 2. The smallest absolute Gasteiger partial charge is 0.323 e. The number of nitrogens with zero attached hydrogens (tertiary/aromatic N) is 4. The topological polar surface area (TPSA) is 95.5 Å². The van der Waals surface area contributed by atoms with Crippen LogP contribution < -0.4 is 5.32 Å². The fourth-order valence-corrected chi connectivity index (χ4v) is 3.38. The van der Waals surface area contributed by atoms with E-state index in [9.17, 15) is 13.2 Å². The molecule has 2 rings (SSSR count). The van der Waals surface area contributed by atoms with Gasteiger partial charge in [0.25, 0.3) is 0 Å². The van der Waals surface area contributed by atoms with Crippen LogP contribution in [0.4, 0.5) is 10.6 Å². The van der Waals surface area contributed by atoms with E-state index in [1.165, 1.54) is 23.0 Å². The number of hydrogen-bond acceptors (Lipinski definition) is 5. The number of urea groups is 1. The monoisotopic (exact) mass is 391 g/mol. The van der Waals surface area contributed by atoms with Gasteiger partial charge in [0.1, 0.15) is 4.60 Å². The number of amides is 2. The zero-order chi connectivity index (χ0) is 16.3. The van der Waals surface area contributed by atoms with Crippen LogP contribution in [-0.2, 0) is 10.0 Å². The van der Waals surface area contributed by atoms with Crippen LogP contribution in [0.1, 0.15) is 12.8 Å². The van der Waals surface area contributed by atoms with Crippen LogP contribution in [0.25, 0.3) is 0 Å². The van der Waals surface area contributed by atoms with E-state index in [4.69, 9.17) is 0 Å². The second-order valence-electron chi connectivity index (χ2n) is 5.16. The van der Waals surface area contributed by atoms with E-state index in [0.717, 1.165) is 0 Å². The third kappa shape index (κ3) is 4.37. The van der Waals surface area contributed by atoms with Crippen molar-refractivity contribution in [1.29, 1.82) is 0 Å². The molecule has 0 aliphatic carbocycles. The maximum Gasteiger partial charge on any atom is 0.323 e. The van der Waals surface area contributed by atoms with E-state index in [1.54, 1.807) is 11.9 Å². The zero-order valence-electron chi connectivity index (χ0n) is 12.4. The molecular formula is C12H18BrN5O3S. The number of sulfonamides is 1. The highest BCUT2D eigenvalue weighted by atomic mass is 79.9. The Hall–Kier alpha value is -1.26. The normalized spacial score (nSPS) is 17.2. The molecule has 2 amide bonds. The van der Waals surface area contributed by atoms with Crippen LogP contribution in [0, 0.1) is 0 Å². The minimum absolute atomic E-state index is 0.00130. The molecule has 1 fully saturated rings. The summed E-state index contributed by atoms with van der Waals surface area (Å²) in [7, 11) is -1.46. The van der Waals surface area contributed by atoms with Crippen LogP contribution in [0.15, 0.2) is 17.0 Å². The number of piperidine rings is 1. The Morgan fingerprint density at radius 3 is 2.50 bits per heavy atom. The highest BCUT2D eigenvalue weighted by Gasteiger charge is 2.29. The highest BCUT2D eigenvalue weighted by Crippen LogP contribution is 2.18. The van der Waals surface area contributed by atoms with Crippen LogP contribution in [0.3, 0.4) is 0 Å². The minimum Gasteiger partial charge on any atom is -0.324 e. The Labute approximate surface area is 138 Å². The van der Waals surface area contributed by atoms with Crippen molar-refractivity contribution in [3.8, 4) is 0 Å². The molecule has 1 aromatic rings. The van der Waals surface area contributed by atoms with Crippen molar-refractivity contribution in [1.82, 2.24) is 19.2 Å². The molecule has 1 N–H and O–H groups in total. The maximum atomic E-state index is 12.2. The molecule has 0 bridgehead atoms. The SMILES string of the molecule is CN(C(=O)Nc1cnc(Br)cn1)C1CCN(S(C)(=O)=O)CC1. The molecule has 0 radical (unpaired) electrons. The van der Waals surface area contributed by atoms with Crippen molar-refractivity contribution < 1.29 is 13.2 Å². The average Bonchev–Trinajstić information content (AvgIpc) is 2.48. The molecule has 2 heterocycles. The number of anilines is 1. The van der Waals surface area contributed by atoms with Crippen molar-refractivity contribution >= 4 is 37.8 Å². The molecule has 0 aromatic carbocycles. The van der Waals surface area contributed by atoms with Gasteiger partial charge in [-0.2, -0.15) is 0 Å². The molecular weight excluding hydrogens is 374 g/mol. The van der Waals surface area contributed by atoms with Crippen molar-refractivity contribution in [3.63, 3.8) is 0 Å². The average molecular weight is 392 g/mol. The van der Waals surface area contributed by atoms with Crippen LogP contribution in [-0.4, -0.2) is 66.1 Å². The number of halogens is 1. The molecule has 0 spiro atoms. The molecule has 8 nitrogen and oxygen atoms in total. The van der Waals surface area contributed by atoms with Crippen molar-refractivity contribution in [2.24, 2.45) is 0 Å². The van der Waals surface area contributed by atoms with Gasteiger partial charge in [-0.25, -0.2) is 27.5 Å². The van der Waals surface area contributed by atoms with Crippen molar-refractivity contribution in [2.75, 3.05) is 31.7 Å². The van der Waals surface area contributed by atoms with Crippen LogP contribution in [0.2, 0.25) is 0 Å². The van der Waals surface area contributed by atoms with E-state index in [0.29, 0.717) is 36.4 Å². The molecule has 1 aromatic heterocycles. The van der Waals surface area contributed by atoms with Crippen molar-refractivity contribution in [3.05, 3.63) is 17.0 Å². The third-order valence-electron chi connectivity index (χ3n) is 3.62.